The molecule has 0 radical (unpaired) electrons. The van der Waals surface area contributed by atoms with E-state index in [-0.39, 0.29) is 64.2 Å². The molecule has 5 aliphatic rings. The zero-order valence-electron chi connectivity index (χ0n) is 31.0. The molecule has 0 amide bonds. The highest BCUT2D eigenvalue weighted by Crippen LogP contribution is 2.46. The number of phenolic OH excluding ortho intramolecular Hbond substituents is 1. The summed E-state index contributed by atoms with van der Waals surface area (Å²) in [5.74, 6) is 1.77. The van der Waals surface area contributed by atoms with Gasteiger partial charge in [0, 0.05) is 55.0 Å². The Hall–Kier alpha value is -5.13. The first-order valence-electron chi connectivity index (χ1n) is 19.6. The smallest absolute Gasteiger partial charge is 0.508 e. The van der Waals surface area contributed by atoms with Crippen LogP contribution in [0, 0.1) is 24.0 Å². The van der Waals surface area contributed by atoms with Crippen LogP contribution in [0.3, 0.4) is 0 Å². The molecule has 0 saturated carbocycles. The van der Waals surface area contributed by atoms with Crippen molar-refractivity contribution < 1.29 is 31.8 Å². The number of alkyl halides is 1. The first kappa shape index (κ1) is 35.3. The molecule has 4 fully saturated rings. The molecule has 11 nitrogen and oxygen atoms in total. The number of aromatic nitrogens is 3. The van der Waals surface area contributed by atoms with E-state index in [4.69, 9.17) is 34.9 Å². The number of rotatable bonds is 7. The van der Waals surface area contributed by atoms with Gasteiger partial charge in [-0.1, -0.05) is 18.9 Å². The standard InChI is InChI=1S/C42H41F3N6O5/c1-3-26-28(44)11-9-22-15-25(52)16-27(34(22)26)37-36(45)38-35-29(46-37)7-5-8-30-31-12-10-24(50(31)20-33-32(4-2)55-41(53)56-33)19-51(30)39(35)48-40(47-38)54-21-42-13-6-14-49(42)18-23(43)17-42/h1,9,11,15-16,23-24,30-31,52H,4-8,10,12-14,17-21H2,2H3/t23-,24-,30-,31+,42+/m1/s1. The number of fused-ring (bicyclic) bond motifs is 7. The van der Waals surface area contributed by atoms with Gasteiger partial charge in [0.25, 0.3) is 0 Å². The van der Waals surface area contributed by atoms with E-state index >= 15 is 8.78 Å². The van der Waals surface area contributed by atoms with Crippen molar-refractivity contribution in [3.63, 3.8) is 0 Å². The number of nitrogens with zero attached hydrogens (tertiary/aromatic N) is 6. The molecule has 14 heteroatoms. The number of terminal acetylenes is 1. The van der Waals surface area contributed by atoms with Crippen LogP contribution in [0.25, 0.3) is 32.9 Å². The van der Waals surface area contributed by atoms with Gasteiger partial charge < -0.3 is 23.6 Å². The molecule has 56 heavy (non-hydrogen) atoms. The fourth-order valence-corrected chi connectivity index (χ4v) is 10.6. The van der Waals surface area contributed by atoms with Crippen LogP contribution in [0.5, 0.6) is 11.8 Å². The van der Waals surface area contributed by atoms with E-state index in [0.717, 1.165) is 45.1 Å². The van der Waals surface area contributed by atoms with Crippen LogP contribution in [0.4, 0.5) is 19.0 Å². The van der Waals surface area contributed by atoms with Crippen LogP contribution < -0.4 is 15.5 Å². The van der Waals surface area contributed by atoms with Gasteiger partial charge >= 0.3 is 11.8 Å². The Labute approximate surface area is 320 Å². The summed E-state index contributed by atoms with van der Waals surface area (Å²) in [6.07, 6.45) is 11.3. The first-order valence-corrected chi connectivity index (χ1v) is 19.6. The number of ether oxygens (including phenoxy) is 1. The number of halogens is 3. The molecule has 0 spiro atoms. The highest BCUT2D eigenvalue weighted by molar-refractivity contribution is 6.03. The third-order valence-corrected chi connectivity index (χ3v) is 13.0. The average molecular weight is 767 g/mol. The average Bonchev–Trinajstić information content (AvgIpc) is 3.90. The number of hydrogen-bond donors (Lipinski definition) is 1. The van der Waals surface area contributed by atoms with Gasteiger partial charge in [-0.15, -0.1) is 6.42 Å². The van der Waals surface area contributed by atoms with E-state index < -0.39 is 29.2 Å². The predicted molar refractivity (Wildman–Crippen MR) is 201 cm³/mol. The van der Waals surface area contributed by atoms with Crippen LogP contribution in [0.15, 0.2) is 37.9 Å². The van der Waals surface area contributed by atoms with E-state index in [1.165, 1.54) is 24.3 Å². The minimum atomic E-state index is -0.954. The predicted octanol–water partition coefficient (Wildman–Crippen LogP) is 6.43. The number of aryl methyl sites for hydroxylation is 2. The van der Waals surface area contributed by atoms with Gasteiger partial charge in [-0.2, -0.15) is 9.97 Å². The quantitative estimate of drug-likeness (QED) is 0.185. The minimum Gasteiger partial charge on any atom is -0.508 e. The van der Waals surface area contributed by atoms with E-state index in [9.17, 15) is 14.3 Å². The molecule has 10 rings (SSSR count). The lowest BCUT2D eigenvalue weighted by Gasteiger charge is -2.48. The third kappa shape index (κ3) is 5.49. The summed E-state index contributed by atoms with van der Waals surface area (Å²) < 4.78 is 64.7. The summed E-state index contributed by atoms with van der Waals surface area (Å²) in [4.78, 5) is 33.6. The van der Waals surface area contributed by atoms with Gasteiger partial charge in [0.2, 0.25) is 0 Å². The molecule has 8 heterocycles. The van der Waals surface area contributed by atoms with Crippen molar-refractivity contribution in [2.45, 2.75) is 101 Å². The number of anilines is 1. The van der Waals surface area contributed by atoms with Crippen LogP contribution in [-0.4, -0.2) is 85.9 Å². The maximum Gasteiger partial charge on any atom is 0.519 e. The Morgan fingerprint density at radius 3 is 2.75 bits per heavy atom. The van der Waals surface area contributed by atoms with Crippen molar-refractivity contribution in [3.8, 4) is 35.4 Å². The van der Waals surface area contributed by atoms with Crippen molar-refractivity contribution in [1.29, 1.82) is 0 Å². The Bertz CT molecular complexity index is 2520. The molecule has 2 aromatic carbocycles. The second kappa shape index (κ2) is 13.2. The van der Waals surface area contributed by atoms with Gasteiger partial charge in [0.05, 0.1) is 28.7 Å². The van der Waals surface area contributed by atoms with Gasteiger partial charge in [0.1, 0.15) is 41.4 Å². The van der Waals surface area contributed by atoms with Crippen molar-refractivity contribution in [3.05, 3.63) is 69.3 Å². The van der Waals surface area contributed by atoms with Gasteiger partial charge in [-0.3, -0.25) is 9.80 Å². The van der Waals surface area contributed by atoms with Gasteiger partial charge in [-0.05, 0) is 75.1 Å². The van der Waals surface area contributed by atoms with E-state index in [1.807, 2.05) is 6.92 Å². The first-order chi connectivity index (χ1) is 27.1. The van der Waals surface area contributed by atoms with Crippen LogP contribution in [-0.2, 0) is 19.4 Å². The van der Waals surface area contributed by atoms with Gasteiger partial charge in [-0.25, -0.2) is 22.9 Å². The van der Waals surface area contributed by atoms with Crippen molar-refractivity contribution in [2.24, 2.45) is 0 Å². The zero-order chi connectivity index (χ0) is 38.5. The SMILES string of the molecule is C#Cc1c(F)ccc2cc(O)cc(-c3nc4c5c(nc(OC[C@@]67CCCN6C[C@H](F)C7)nc5c3F)N3C[C@H]5CC[C@@H]([C@H]3CCC4)N5Cc3oc(=O)oc3CC)c12. The normalized spacial score (nSPS) is 26.0. The summed E-state index contributed by atoms with van der Waals surface area (Å²) in [5.41, 5.74) is 0.0611. The molecule has 5 aromatic rings. The number of phenols is 1. The highest BCUT2D eigenvalue weighted by Gasteiger charge is 2.50. The van der Waals surface area contributed by atoms with Crippen LogP contribution >= 0.6 is 0 Å². The second-order valence-corrected chi connectivity index (χ2v) is 16.0. The summed E-state index contributed by atoms with van der Waals surface area (Å²) >= 11 is 0. The fourth-order valence-electron chi connectivity index (χ4n) is 10.6. The van der Waals surface area contributed by atoms with Crippen LogP contribution in [0.1, 0.15) is 74.6 Å². The lowest BCUT2D eigenvalue weighted by Crippen LogP contribution is -2.60. The van der Waals surface area contributed by atoms with Crippen LogP contribution in [0.2, 0.25) is 0 Å². The van der Waals surface area contributed by atoms with Crippen molar-refractivity contribution in [2.75, 3.05) is 31.1 Å². The summed E-state index contributed by atoms with van der Waals surface area (Å²) in [6, 6.07) is 5.67. The number of aromatic hydroxyl groups is 1. The Morgan fingerprint density at radius 2 is 1.91 bits per heavy atom. The molecular weight excluding hydrogens is 725 g/mol. The highest BCUT2D eigenvalue weighted by atomic mass is 19.1. The fraction of sp³-hybridized carbons (Fsp3) is 0.476. The molecule has 1 N–H and O–H groups in total. The lowest BCUT2D eigenvalue weighted by atomic mass is 9.92. The second-order valence-electron chi connectivity index (χ2n) is 16.0. The number of hydrogen-bond acceptors (Lipinski definition) is 11. The number of piperazine rings is 1. The molecule has 0 unspecified atom stereocenters. The number of pyridine rings is 1. The molecule has 0 aliphatic carbocycles. The maximum atomic E-state index is 17.5. The molecular formula is C42H41F3N6O5. The summed E-state index contributed by atoms with van der Waals surface area (Å²) in [6.45, 7) is 4.25. The van der Waals surface area contributed by atoms with E-state index in [0.29, 0.717) is 72.7 Å². The third-order valence-electron chi connectivity index (χ3n) is 13.0. The Morgan fingerprint density at radius 1 is 1.05 bits per heavy atom. The minimum absolute atomic E-state index is 0.00101. The van der Waals surface area contributed by atoms with Gasteiger partial charge in [0.15, 0.2) is 17.3 Å². The molecule has 5 aliphatic heterocycles. The molecule has 5 atom stereocenters. The number of benzene rings is 2. The maximum absolute atomic E-state index is 17.5. The monoisotopic (exact) mass is 766 g/mol. The van der Waals surface area contributed by atoms with E-state index in [1.54, 1.807) is 0 Å². The van der Waals surface area contributed by atoms with Crippen molar-refractivity contribution in [1.82, 2.24) is 24.8 Å². The molecule has 290 valence electrons. The Kier molecular flexibility index (Phi) is 8.34. The molecule has 2 bridgehead atoms. The topological polar surface area (TPSA) is 121 Å². The largest absolute Gasteiger partial charge is 0.519 e. The molecule has 4 saturated heterocycles. The summed E-state index contributed by atoms with van der Waals surface area (Å²) in [7, 11) is 0. The zero-order valence-corrected chi connectivity index (χ0v) is 31.0. The van der Waals surface area contributed by atoms with E-state index in [2.05, 4.69) is 20.6 Å². The van der Waals surface area contributed by atoms with Crippen molar-refractivity contribution >= 4 is 27.5 Å². The molecule has 3 aromatic heterocycles. The Balaban J connectivity index is 1.13. The summed E-state index contributed by atoms with van der Waals surface area (Å²) in [5, 5.41) is 12.0. The lowest BCUT2D eigenvalue weighted by molar-refractivity contribution is 0.106.